The second-order valence-corrected chi connectivity index (χ2v) is 4.96. The molecule has 0 fully saturated rings. The van der Waals surface area contributed by atoms with Gasteiger partial charge in [0, 0.05) is 7.11 Å². The van der Waals surface area contributed by atoms with E-state index in [1.807, 2.05) is 24.3 Å². The van der Waals surface area contributed by atoms with Gasteiger partial charge in [0.1, 0.15) is 6.10 Å². The van der Waals surface area contributed by atoms with Gasteiger partial charge in [-0.25, -0.2) is 0 Å². The minimum Gasteiger partial charge on any atom is -0.383 e. The van der Waals surface area contributed by atoms with Gasteiger partial charge in [0.2, 0.25) is 0 Å². The van der Waals surface area contributed by atoms with Gasteiger partial charge in [0.15, 0.2) is 0 Å². The molecule has 0 aliphatic heterocycles. The number of benzene rings is 1. The second-order valence-electron chi connectivity index (χ2n) is 4.55. The van der Waals surface area contributed by atoms with Crippen LogP contribution in [0.4, 0.5) is 0 Å². The number of aromatic nitrogens is 2. The van der Waals surface area contributed by atoms with Crippen LogP contribution in [-0.4, -0.2) is 28.6 Å². The molecule has 1 heterocycles. The molecule has 0 radical (unpaired) electrons. The Labute approximate surface area is 123 Å². The van der Waals surface area contributed by atoms with Crippen LogP contribution in [0.5, 0.6) is 0 Å². The Hall–Kier alpha value is -1.36. The van der Waals surface area contributed by atoms with Gasteiger partial charge in [-0.15, -0.1) is 0 Å². The highest BCUT2D eigenvalue weighted by Gasteiger charge is 2.21. The number of hydrogen-bond acceptors (Lipinski definition) is 3. The van der Waals surface area contributed by atoms with Gasteiger partial charge in [-0.3, -0.25) is 4.68 Å². The molecule has 1 N–H and O–H groups in total. The molecular formula is C15H19ClN2O2. The summed E-state index contributed by atoms with van der Waals surface area (Å²) < 4.78 is 6.75. The van der Waals surface area contributed by atoms with E-state index >= 15 is 0 Å². The smallest absolute Gasteiger partial charge is 0.122 e. The van der Waals surface area contributed by atoms with Crippen LogP contribution < -0.4 is 0 Å². The Kier molecular flexibility index (Phi) is 5.17. The average molecular weight is 295 g/mol. The molecule has 0 saturated heterocycles. The molecule has 2 aromatic rings. The number of hydrogen-bond donors (Lipinski definition) is 1. The van der Waals surface area contributed by atoms with Crippen LogP contribution in [0.2, 0.25) is 5.02 Å². The van der Waals surface area contributed by atoms with Gasteiger partial charge < -0.3 is 9.84 Å². The van der Waals surface area contributed by atoms with Crippen molar-refractivity contribution >= 4 is 11.6 Å². The van der Waals surface area contributed by atoms with Crippen LogP contribution in [0.3, 0.4) is 0 Å². The van der Waals surface area contributed by atoms with Gasteiger partial charge in [-0.2, -0.15) is 5.10 Å². The highest BCUT2D eigenvalue weighted by atomic mass is 35.5. The number of nitrogens with zero attached hydrogens (tertiary/aromatic N) is 2. The zero-order valence-electron chi connectivity index (χ0n) is 11.7. The molecule has 1 atom stereocenters. The summed E-state index contributed by atoms with van der Waals surface area (Å²) in [6.45, 7) is 3.15. The minimum absolute atomic E-state index is 0.472. The van der Waals surface area contributed by atoms with E-state index in [0.29, 0.717) is 23.9 Å². The molecule has 108 valence electrons. The fourth-order valence-corrected chi connectivity index (χ4v) is 2.51. The first-order valence-corrected chi connectivity index (χ1v) is 7.02. The molecule has 0 amide bonds. The number of aliphatic hydroxyl groups is 1. The number of ether oxygens (including phenoxy) is 1. The standard InChI is InChI=1S/C15H19ClN2O2/c1-3-11-6-4-5-7-12(11)15(19)14-13(16)10-17-18(14)8-9-20-2/h4-7,10,15,19H,3,8-9H2,1-2H3. The Morgan fingerprint density at radius 3 is 2.85 bits per heavy atom. The maximum absolute atomic E-state index is 10.7. The van der Waals surface area contributed by atoms with Crippen molar-refractivity contribution in [3.8, 4) is 0 Å². The first kappa shape index (κ1) is 15.0. The van der Waals surface area contributed by atoms with Gasteiger partial charge in [0.25, 0.3) is 0 Å². The van der Waals surface area contributed by atoms with E-state index in [0.717, 1.165) is 17.5 Å². The monoisotopic (exact) mass is 294 g/mol. The van der Waals surface area contributed by atoms with E-state index in [1.165, 1.54) is 0 Å². The first-order chi connectivity index (χ1) is 9.69. The maximum atomic E-state index is 10.7. The number of rotatable bonds is 6. The predicted octanol–water partition coefficient (Wildman–Crippen LogP) is 2.83. The third-order valence-corrected chi connectivity index (χ3v) is 3.62. The Bertz CT molecular complexity index is 569. The van der Waals surface area contributed by atoms with Gasteiger partial charge >= 0.3 is 0 Å². The predicted molar refractivity (Wildman–Crippen MR) is 79.0 cm³/mol. The summed E-state index contributed by atoms with van der Waals surface area (Å²) in [5.74, 6) is 0. The molecule has 1 unspecified atom stereocenters. The zero-order valence-corrected chi connectivity index (χ0v) is 12.5. The molecule has 2 rings (SSSR count). The molecule has 0 aliphatic rings. The summed E-state index contributed by atoms with van der Waals surface area (Å²) in [5, 5.41) is 15.3. The maximum Gasteiger partial charge on any atom is 0.122 e. The highest BCUT2D eigenvalue weighted by Crippen LogP contribution is 2.30. The summed E-state index contributed by atoms with van der Waals surface area (Å²) in [6, 6.07) is 7.83. The van der Waals surface area contributed by atoms with Crippen molar-refractivity contribution in [1.82, 2.24) is 9.78 Å². The van der Waals surface area contributed by atoms with E-state index in [2.05, 4.69) is 12.0 Å². The fourth-order valence-electron chi connectivity index (χ4n) is 2.27. The van der Waals surface area contributed by atoms with Gasteiger partial charge in [-0.1, -0.05) is 42.8 Å². The summed E-state index contributed by atoms with van der Waals surface area (Å²) in [5.41, 5.74) is 2.59. The molecule has 20 heavy (non-hydrogen) atoms. The molecule has 0 saturated carbocycles. The van der Waals surface area contributed by atoms with Crippen LogP contribution in [0.15, 0.2) is 30.5 Å². The van der Waals surface area contributed by atoms with Gasteiger partial charge in [-0.05, 0) is 17.5 Å². The number of halogens is 1. The third-order valence-electron chi connectivity index (χ3n) is 3.33. The molecule has 5 heteroatoms. The lowest BCUT2D eigenvalue weighted by atomic mass is 9.98. The van der Waals surface area contributed by atoms with E-state index in [4.69, 9.17) is 16.3 Å². The van der Waals surface area contributed by atoms with Crippen LogP contribution in [0.1, 0.15) is 29.8 Å². The second kappa shape index (κ2) is 6.88. The Morgan fingerprint density at radius 1 is 1.40 bits per heavy atom. The normalized spacial score (nSPS) is 12.6. The lowest BCUT2D eigenvalue weighted by molar-refractivity contribution is 0.171. The topological polar surface area (TPSA) is 47.3 Å². The quantitative estimate of drug-likeness (QED) is 0.891. The Morgan fingerprint density at radius 2 is 2.15 bits per heavy atom. The van der Waals surface area contributed by atoms with Crippen LogP contribution >= 0.6 is 11.6 Å². The van der Waals surface area contributed by atoms with E-state index in [1.54, 1.807) is 18.0 Å². The van der Waals surface area contributed by atoms with Crippen molar-refractivity contribution in [3.05, 3.63) is 52.3 Å². The third kappa shape index (κ3) is 3.03. The number of methoxy groups -OCH3 is 1. The van der Waals surface area contributed by atoms with Crippen LogP contribution in [-0.2, 0) is 17.7 Å². The van der Waals surface area contributed by atoms with Crippen molar-refractivity contribution in [1.29, 1.82) is 0 Å². The van der Waals surface area contributed by atoms with Crippen molar-refractivity contribution in [2.45, 2.75) is 26.0 Å². The average Bonchev–Trinajstić information content (AvgIpc) is 2.85. The molecule has 0 aliphatic carbocycles. The molecular weight excluding hydrogens is 276 g/mol. The molecule has 0 spiro atoms. The van der Waals surface area contributed by atoms with Crippen molar-refractivity contribution in [3.63, 3.8) is 0 Å². The number of aryl methyl sites for hydroxylation is 1. The molecule has 1 aromatic carbocycles. The highest BCUT2D eigenvalue weighted by molar-refractivity contribution is 6.31. The SMILES string of the molecule is CCc1ccccc1C(O)c1c(Cl)cnn1CCOC. The van der Waals surface area contributed by atoms with Crippen molar-refractivity contribution < 1.29 is 9.84 Å². The van der Waals surface area contributed by atoms with Crippen molar-refractivity contribution in [2.24, 2.45) is 0 Å². The Balaban J connectivity index is 2.37. The van der Waals surface area contributed by atoms with E-state index in [9.17, 15) is 5.11 Å². The lowest BCUT2D eigenvalue weighted by Crippen LogP contribution is -2.14. The minimum atomic E-state index is -0.780. The summed E-state index contributed by atoms with van der Waals surface area (Å²) in [6.07, 6.45) is 1.64. The first-order valence-electron chi connectivity index (χ1n) is 6.65. The number of aliphatic hydroxyl groups excluding tert-OH is 1. The largest absolute Gasteiger partial charge is 0.383 e. The lowest BCUT2D eigenvalue weighted by Gasteiger charge is -2.17. The summed E-state index contributed by atoms with van der Waals surface area (Å²) >= 11 is 6.18. The summed E-state index contributed by atoms with van der Waals surface area (Å²) in [7, 11) is 1.63. The molecule has 4 nitrogen and oxygen atoms in total. The molecule has 1 aromatic heterocycles. The van der Waals surface area contributed by atoms with Crippen LogP contribution in [0.25, 0.3) is 0 Å². The molecule has 0 bridgehead atoms. The zero-order chi connectivity index (χ0) is 14.5. The summed E-state index contributed by atoms with van der Waals surface area (Å²) in [4.78, 5) is 0. The van der Waals surface area contributed by atoms with E-state index < -0.39 is 6.10 Å². The van der Waals surface area contributed by atoms with Crippen molar-refractivity contribution in [2.75, 3.05) is 13.7 Å². The van der Waals surface area contributed by atoms with Gasteiger partial charge in [0.05, 0.1) is 30.1 Å². The fraction of sp³-hybridized carbons (Fsp3) is 0.400. The van der Waals surface area contributed by atoms with E-state index in [-0.39, 0.29) is 0 Å². The van der Waals surface area contributed by atoms with Crippen LogP contribution in [0, 0.1) is 0 Å².